The van der Waals surface area contributed by atoms with Gasteiger partial charge in [-0.2, -0.15) is 0 Å². The molecule has 0 fully saturated rings. The summed E-state index contributed by atoms with van der Waals surface area (Å²) in [6.45, 7) is 2.84. The summed E-state index contributed by atoms with van der Waals surface area (Å²) in [5.74, 6) is 0.709. The summed E-state index contributed by atoms with van der Waals surface area (Å²) in [6.07, 6.45) is -0.615. The average Bonchev–Trinajstić information content (AvgIpc) is 3.23. The topological polar surface area (TPSA) is 103 Å². The quantitative estimate of drug-likeness (QED) is 0.445. The van der Waals surface area contributed by atoms with Crippen molar-refractivity contribution >= 4 is 17.2 Å². The number of aliphatic hydroxyl groups is 1. The molecule has 0 bridgehead atoms. The predicted octanol–water partition coefficient (Wildman–Crippen LogP) is 1.38. The van der Waals surface area contributed by atoms with Crippen LogP contribution in [0.1, 0.15) is 0 Å². The van der Waals surface area contributed by atoms with Crippen molar-refractivity contribution in [1.82, 2.24) is 4.90 Å². The molecule has 1 unspecified atom stereocenters. The van der Waals surface area contributed by atoms with Gasteiger partial charge >= 0.3 is 0 Å². The summed E-state index contributed by atoms with van der Waals surface area (Å²) < 4.78 is 21.7. The lowest BCUT2D eigenvalue weighted by molar-refractivity contribution is -0.119. The van der Waals surface area contributed by atoms with E-state index in [0.717, 1.165) is 5.06 Å². The first-order valence-electron chi connectivity index (χ1n) is 9.26. The van der Waals surface area contributed by atoms with E-state index in [2.05, 4.69) is 4.90 Å². The van der Waals surface area contributed by atoms with Gasteiger partial charge < -0.3 is 29.8 Å². The maximum absolute atomic E-state index is 10.7. The van der Waals surface area contributed by atoms with Gasteiger partial charge in [0.25, 0.3) is 5.91 Å². The fraction of sp³-hybridized carbons (Fsp3) is 0.450. The van der Waals surface area contributed by atoms with E-state index in [1.807, 2.05) is 17.5 Å². The van der Waals surface area contributed by atoms with E-state index >= 15 is 0 Å². The summed E-state index contributed by atoms with van der Waals surface area (Å²) in [5, 5.41) is 13.0. The van der Waals surface area contributed by atoms with Crippen molar-refractivity contribution in [3.8, 4) is 16.6 Å². The number of benzene rings is 1. The van der Waals surface area contributed by atoms with E-state index < -0.39 is 12.0 Å². The lowest BCUT2D eigenvalue weighted by Gasteiger charge is -2.24. The number of hydrogen-bond acceptors (Lipinski definition) is 8. The molecule has 0 aliphatic carbocycles. The Bertz CT molecular complexity index is 696. The molecule has 3 N–H and O–H groups in total. The van der Waals surface area contributed by atoms with Crippen LogP contribution < -0.4 is 19.9 Å². The van der Waals surface area contributed by atoms with Gasteiger partial charge in [0, 0.05) is 26.7 Å². The molecule has 1 aromatic heterocycles. The van der Waals surface area contributed by atoms with Crippen LogP contribution >= 0.6 is 11.3 Å². The van der Waals surface area contributed by atoms with Crippen molar-refractivity contribution in [2.45, 2.75) is 6.10 Å². The summed E-state index contributed by atoms with van der Waals surface area (Å²) >= 11 is 1.50. The Hall–Kier alpha value is -2.33. The molecular formula is C20H28N2O6S. The molecule has 0 saturated carbocycles. The van der Waals surface area contributed by atoms with Gasteiger partial charge in [-0.1, -0.05) is 0 Å². The Balaban J connectivity index is 1.73. The minimum Gasteiger partial charge on any atom is -0.492 e. The number of nitrogens with two attached hydrogens (primary N) is 1. The normalized spacial score (nSPS) is 12.0. The first-order chi connectivity index (χ1) is 14.1. The minimum absolute atomic E-state index is 0.160. The monoisotopic (exact) mass is 424 g/mol. The number of carbonyl (C=O) groups excluding carboxylic acids is 1. The van der Waals surface area contributed by atoms with E-state index in [9.17, 15) is 9.90 Å². The molecule has 8 nitrogen and oxygen atoms in total. The number of carbonyl (C=O) groups is 1. The van der Waals surface area contributed by atoms with E-state index in [4.69, 9.17) is 24.7 Å². The van der Waals surface area contributed by atoms with Crippen molar-refractivity contribution in [2.24, 2.45) is 5.73 Å². The largest absolute Gasteiger partial charge is 0.492 e. The van der Waals surface area contributed by atoms with Crippen LogP contribution in [0, 0.1) is 0 Å². The maximum Gasteiger partial charge on any atom is 0.255 e. The van der Waals surface area contributed by atoms with Crippen molar-refractivity contribution in [3.05, 3.63) is 41.8 Å². The van der Waals surface area contributed by atoms with Gasteiger partial charge in [0.05, 0.1) is 6.61 Å². The zero-order valence-corrected chi connectivity index (χ0v) is 17.3. The fourth-order valence-electron chi connectivity index (χ4n) is 2.47. The third-order valence-corrected chi connectivity index (χ3v) is 4.65. The standard InChI is InChI=1S/C20H28N2O6S/c1-25-10-8-22(13-16(23)14-28-20-3-2-12-29-20)9-11-26-17-4-6-18(7-5-17)27-15-19(21)24/h2-7,12,16,23H,8-11,13-15H2,1H3,(H2,21,24). The summed E-state index contributed by atoms with van der Waals surface area (Å²) in [7, 11) is 1.65. The summed E-state index contributed by atoms with van der Waals surface area (Å²) in [6, 6.07) is 10.7. The zero-order chi connectivity index (χ0) is 20.9. The number of aliphatic hydroxyl groups excluding tert-OH is 1. The van der Waals surface area contributed by atoms with Gasteiger partial charge in [-0.05, 0) is 41.8 Å². The molecule has 29 heavy (non-hydrogen) atoms. The lowest BCUT2D eigenvalue weighted by Crippen LogP contribution is -2.39. The molecule has 0 saturated heterocycles. The Morgan fingerprint density at radius 3 is 2.41 bits per heavy atom. The number of primary amides is 1. The van der Waals surface area contributed by atoms with Gasteiger partial charge in [0.15, 0.2) is 11.7 Å². The van der Waals surface area contributed by atoms with E-state index in [-0.39, 0.29) is 13.2 Å². The molecule has 0 aliphatic rings. The first-order valence-corrected chi connectivity index (χ1v) is 10.1. The molecular weight excluding hydrogens is 396 g/mol. The second-order valence-electron chi connectivity index (χ2n) is 6.27. The molecule has 1 heterocycles. The van der Waals surface area contributed by atoms with Crippen molar-refractivity contribution in [1.29, 1.82) is 0 Å². The molecule has 2 aromatic rings. The molecule has 0 spiro atoms. The van der Waals surface area contributed by atoms with Crippen LogP contribution in [0.3, 0.4) is 0 Å². The van der Waals surface area contributed by atoms with Crippen molar-refractivity contribution in [2.75, 3.05) is 53.2 Å². The minimum atomic E-state index is -0.615. The van der Waals surface area contributed by atoms with Gasteiger partial charge in [-0.15, -0.1) is 11.3 Å². The van der Waals surface area contributed by atoms with Crippen LogP contribution in [0.5, 0.6) is 16.6 Å². The van der Waals surface area contributed by atoms with Crippen LogP contribution in [0.15, 0.2) is 41.8 Å². The van der Waals surface area contributed by atoms with E-state index in [0.29, 0.717) is 44.3 Å². The highest BCUT2D eigenvalue weighted by Gasteiger charge is 2.13. The molecule has 9 heteroatoms. The number of amides is 1. The van der Waals surface area contributed by atoms with Gasteiger partial charge in [0.1, 0.15) is 30.8 Å². The highest BCUT2D eigenvalue weighted by atomic mass is 32.1. The number of methoxy groups -OCH3 is 1. The number of ether oxygens (including phenoxy) is 4. The second-order valence-corrected chi connectivity index (χ2v) is 7.18. The number of rotatable bonds is 15. The molecule has 1 aromatic carbocycles. The SMILES string of the molecule is COCCN(CCOc1ccc(OCC(N)=O)cc1)CC(O)COc1cccs1. The average molecular weight is 425 g/mol. The van der Waals surface area contributed by atoms with Crippen LogP contribution in [0.2, 0.25) is 0 Å². The molecule has 1 amide bonds. The predicted molar refractivity (Wildman–Crippen MR) is 111 cm³/mol. The van der Waals surface area contributed by atoms with Crippen LogP contribution in [-0.4, -0.2) is 75.2 Å². The van der Waals surface area contributed by atoms with Crippen molar-refractivity contribution in [3.63, 3.8) is 0 Å². The maximum atomic E-state index is 10.7. The highest BCUT2D eigenvalue weighted by Crippen LogP contribution is 2.19. The smallest absolute Gasteiger partial charge is 0.255 e. The Kier molecular flexibility index (Phi) is 10.3. The molecule has 160 valence electrons. The summed E-state index contributed by atoms with van der Waals surface area (Å²) in [5.41, 5.74) is 5.05. The Labute approximate surface area is 174 Å². The van der Waals surface area contributed by atoms with Gasteiger partial charge in [-0.3, -0.25) is 9.69 Å². The molecule has 0 radical (unpaired) electrons. The fourth-order valence-corrected chi connectivity index (χ4v) is 3.05. The van der Waals surface area contributed by atoms with Gasteiger partial charge in [0.2, 0.25) is 0 Å². The Morgan fingerprint density at radius 1 is 1.10 bits per heavy atom. The first kappa shape index (κ1) is 23.0. The van der Waals surface area contributed by atoms with E-state index in [1.54, 1.807) is 31.4 Å². The Morgan fingerprint density at radius 2 is 1.79 bits per heavy atom. The highest BCUT2D eigenvalue weighted by molar-refractivity contribution is 7.11. The van der Waals surface area contributed by atoms with Crippen molar-refractivity contribution < 1.29 is 28.8 Å². The third-order valence-electron chi connectivity index (χ3n) is 3.87. The van der Waals surface area contributed by atoms with E-state index in [1.165, 1.54) is 11.3 Å². The molecule has 1 atom stereocenters. The molecule has 2 rings (SSSR count). The molecule has 0 aliphatic heterocycles. The number of thiophene rings is 1. The zero-order valence-electron chi connectivity index (χ0n) is 16.5. The lowest BCUT2D eigenvalue weighted by atomic mass is 10.3. The van der Waals surface area contributed by atoms with Crippen LogP contribution in [0.4, 0.5) is 0 Å². The third kappa shape index (κ3) is 9.62. The number of hydrogen-bond donors (Lipinski definition) is 2. The number of nitrogens with zero attached hydrogens (tertiary/aromatic N) is 1. The second kappa shape index (κ2) is 13.0. The summed E-state index contributed by atoms with van der Waals surface area (Å²) in [4.78, 5) is 12.8. The van der Waals surface area contributed by atoms with Crippen LogP contribution in [-0.2, 0) is 9.53 Å². The van der Waals surface area contributed by atoms with Crippen LogP contribution in [0.25, 0.3) is 0 Å². The van der Waals surface area contributed by atoms with Gasteiger partial charge in [-0.25, -0.2) is 0 Å².